The number of rotatable bonds is 6. The van der Waals surface area contributed by atoms with Crippen LogP contribution in [0, 0.1) is 6.92 Å². The first-order valence-electron chi connectivity index (χ1n) is 7.84. The van der Waals surface area contributed by atoms with E-state index in [4.69, 9.17) is 5.73 Å². The fourth-order valence-corrected chi connectivity index (χ4v) is 3.13. The van der Waals surface area contributed by atoms with Crippen LogP contribution in [0.3, 0.4) is 0 Å². The first kappa shape index (κ1) is 16.4. The Bertz CT molecular complexity index is 432. The Labute approximate surface area is 128 Å². The second kappa shape index (κ2) is 7.36. The molecule has 118 valence electrons. The van der Waals surface area contributed by atoms with Crippen LogP contribution in [-0.4, -0.2) is 60.8 Å². The number of β-amino-alcohol motifs (C(OH)–C–C–N with tert-alkyl or cyclic N) is 1. The van der Waals surface area contributed by atoms with Crippen LogP contribution in [0.2, 0.25) is 0 Å². The fraction of sp³-hybridized carbons (Fsp3) is 0.647. The van der Waals surface area contributed by atoms with Gasteiger partial charge in [0.25, 0.3) is 0 Å². The molecule has 1 heterocycles. The van der Waals surface area contributed by atoms with Crippen molar-refractivity contribution in [1.82, 2.24) is 9.80 Å². The van der Waals surface area contributed by atoms with Gasteiger partial charge in [-0.1, -0.05) is 29.8 Å². The Balaban J connectivity index is 1.87. The number of hydrogen-bond donors (Lipinski definition) is 2. The minimum Gasteiger partial charge on any atom is -0.392 e. The van der Waals surface area contributed by atoms with E-state index in [9.17, 15) is 5.11 Å². The molecule has 0 aliphatic carbocycles. The van der Waals surface area contributed by atoms with Gasteiger partial charge in [-0.3, -0.25) is 4.90 Å². The molecule has 4 heteroatoms. The summed E-state index contributed by atoms with van der Waals surface area (Å²) in [5.41, 5.74) is 8.77. The van der Waals surface area contributed by atoms with Crippen molar-refractivity contribution in [3.63, 3.8) is 0 Å². The molecule has 1 fully saturated rings. The van der Waals surface area contributed by atoms with Gasteiger partial charge >= 0.3 is 0 Å². The van der Waals surface area contributed by atoms with Crippen LogP contribution in [0.4, 0.5) is 0 Å². The van der Waals surface area contributed by atoms with E-state index in [1.165, 1.54) is 11.1 Å². The lowest BCUT2D eigenvalue weighted by Gasteiger charge is -2.27. The van der Waals surface area contributed by atoms with Gasteiger partial charge in [-0.15, -0.1) is 0 Å². The molecular weight excluding hydrogens is 262 g/mol. The molecule has 2 rings (SSSR count). The lowest BCUT2D eigenvalue weighted by molar-refractivity contribution is 0.170. The predicted molar refractivity (Wildman–Crippen MR) is 87.3 cm³/mol. The maximum absolute atomic E-state index is 9.90. The van der Waals surface area contributed by atoms with Crippen molar-refractivity contribution in [3.05, 3.63) is 35.4 Å². The predicted octanol–water partition coefficient (Wildman–Crippen LogP) is 1.38. The topological polar surface area (TPSA) is 52.7 Å². The zero-order valence-corrected chi connectivity index (χ0v) is 13.5. The van der Waals surface area contributed by atoms with Gasteiger partial charge in [0, 0.05) is 31.7 Å². The lowest BCUT2D eigenvalue weighted by Crippen LogP contribution is -2.38. The van der Waals surface area contributed by atoms with Gasteiger partial charge < -0.3 is 15.7 Å². The standard InChI is InChI=1S/C17H29N3O/c1-13-4-6-14(7-5-13)17(18)8-9-20-12-16(21)10-15(20)11-19(2)3/h4-7,15-17,21H,8-12,18H2,1-3H3. The molecule has 21 heavy (non-hydrogen) atoms. The van der Waals surface area contributed by atoms with Gasteiger partial charge in [-0.2, -0.15) is 0 Å². The number of nitrogens with two attached hydrogens (primary N) is 1. The minimum atomic E-state index is -0.189. The second-order valence-corrected chi connectivity index (χ2v) is 6.61. The molecule has 1 saturated heterocycles. The van der Waals surface area contributed by atoms with Gasteiger partial charge in [0.2, 0.25) is 0 Å². The maximum Gasteiger partial charge on any atom is 0.0682 e. The molecule has 1 aliphatic heterocycles. The van der Waals surface area contributed by atoms with Crippen molar-refractivity contribution in [1.29, 1.82) is 0 Å². The Morgan fingerprint density at radius 3 is 2.62 bits per heavy atom. The van der Waals surface area contributed by atoms with Crippen LogP contribution in [-0.2, 0) is 0 Å². The Hall–Kier alpha value is -0.940. The van der Waals surface area contributed by atoms with E-state index in [1.54, 1.807) is 0 Å². The molecule has 1 aromatic carbocycles. The summed E-state index contributed by atoms with van der Waals surface area (Å²) in [5.74, 6) is 0. The van der Waals surface area contributed by atoms with Gasteiger partial charge in [0.05, 0.1) is 6.10 Å². The van der Waals surface area contributed by atoms with Crippen molar-refractivity contribution in [3.8, 4) is 0 Å². The van der Waals surface area contributed by atoms with E-state index < -0.39 is 0 Å². The molecule has 0 aromatic heterocycles. The Kier molecular flexibility index (Phi) is 5.76. The highest BCUT2D eigenvalue weighted by Crippen LogP contribution is 2.21. The highest BCUT2D eigenvalue weighted by atomic mass is 16.3. The van der Waals surface area contributed by atoms with E-state index in [0.29, 0.717) is 6.04 Å². The summed E-state index contributed by atoms with van der Waals surface area (Å²) in [4.78, 5) is 4.58. The maximum atomic E-state index is 9.90. The average Bonchev–Trinajstić information content (AvgIpc) is 2.76. The van der Waals surface area contributed by atoms with Crippen LogP contribution in [0.5, 0.6) is 0 Å². The third kappa shape index (κ3) is 4.78. The Morgan fingerprint density at radius 2 is 2.00 bits per heavy atom. The molecule has 4 nitrogen and oxygen atoms in total. The van der Waals surface area contributed by atoms with E-state index in [2.05, 4.69) is 55.1 Å². The average molecular weight is 291 g/mol. The van der Waals surface area contributed by atoms with E-state index in [1.807, 2.05) is 0 Å². The molecule has 1 aromatic rings. The minimum absolute atomic E-state index is 0.0725. The van der Waals surface area contributed by atoms with Crippen LogP contribution in [0.15, 0.2) is 24.3 Å². The largest absolute Gasteiger partial charge is 0.392 e. The lowest BCUT2D eigenvalue weighted by atomic mass is 10.0. The van der Waals surface area contributed by atoms with Crippen molar-refractivity contribution in [2.24, 2.45) is 5.73 Å². The zero-order valence-electron chi connectivity index (χ0n) is 13.5. The Morgan fingerprint density at radius 1 is 1.33 bits per heavy atom. The summed E-state index contributed by atoms with van der Waals surface area (Å²) >= 11 is 0. The number of nitrogens with zero attached hydrogens (tertiary/aromatic N) is 2. The fourth-order valence-electron chi connectivity index (χ4n) is 3.13. The number of likely N-dealkylation sites (tertiary alicyclic amines) is 1. The van der Waals surface area contributed by atoms with Crippen LogP contribution in [0.1, 0.15) is 30.0 Å². The number of aryl methyl sites for hydroxylation is 1. The summed E-state index contributed by atoms with van der Waals surface area (Å²) in [7, 11) is 4.17. The molecule has 0 saturated carbocycles. The third-order valence-corrected chi connectivity index (χ3v) is 4.31. The second-order valence-electron chi connectivity index (χ2n) is 6.61. The van der Waals surface area contributed by atoms with Gasteiger partial charge in [0.1, 0.15) is 0 Å². The normalized spacial score (nSPS) is 24.7. The van der Waals surface area contributed by atoms with Gasteiger partial charge in [-0.05, 0) is 39.4 Å². The number of hydrogen-bond acceptors (Lipinski definition) is 4. The summed E-state index contributed by atoms with van der Waals surface area (Å²) < 4.78 is 0. The van der Waals surface area contributed by atoms with Crippen molar-refractivity contribution in [2.75, 3.05) is 33.7 Å². The molecule has 3 N–H and O–H groups in total. The highest BCUT2D eigenvalue weighted by molar-refractivity contribution is 5.23. The molecule has 0 amide bonds. The van der Waals surface area contributed by atoms with Crippen molar-refractivity contribution in [2.45, 2.75) is 38.0 Å². The van der Waals surface area contributed by atoms with Crippen LogP contribution in [0.25, 0.3) is 0 Å². The molecule has 3 unspecified atom stereocenters. The molecule has 0 bridgehead atoms. The third-order valence-electron chi connectivity index (χ3n) is 4.31. The highest BCUT2D eigenvalue weighted by Gasteiger charge is 2.30. The van der Waals surface area contributed by atoms with Crippen LogP contribution < -0.4 is 5.73 Å². The number of benzene rings is 1. The van der Waals surface area contributed by atoms with Crippen molar-refractivity contribution < 1.29 is 5.11 Å². The summed E-state index contributed by atoms with van der Waals surface area (Å²) in [6.45, 7) is 4.81. The van der Waals surface area contributed by atoms with E-state index in [0.717, 1.165) is 32.5 Å². The first-order chi connectivity index (χ1) is 9.95. The molecule has 3 atom stereocenters. The summed E-state index contributed by atoms with van der Waals surface area (Å²) in [6, 6.07) is 8.99. The van der Waals surface area contributed by atoms with Gasteiger partial charge in [0.15, 0.2) is 0 Å². The van der Waals surface area contributed by atoms with E-state index in [-0.39, 0.29) is 12.1 Å². The molecule has 1 aliphatic rings. The SMILES string of the molecule is Cc1ccc(C(N)CCN2CC(O)CC2CN(C)C)cc1. The monoisotopic (exact) mass is 291 g/mol. The van der Waals surface area contributed by atoms with Crippen LogP contribution >= 0.6 is 0 Å². The quantitative estimate of drug-likeness (QED) is 0.831. The smallest absolute Gasteiger partial charge is 0.0682 e. The summed E-state index contributed by atoms with van der Waals surface area (Å²) in [5, 5.41) is 9.90. The number of aliphatic hydroxyl groups excluding tert-OH is 1. The zero-order chi connectivity index (χ0) is 15.4. The summed E-state index contributed by atoms with van der Waals surface area (Å²) in [6.07, 6.45) is 1.61. The molecule has 0 radical (unpaired) electrons. The van der Waals surface area contributed by atoms with Gasteiger partial charge in [-0.25, -0.2) is 0 Å². The molecular formula is C17H29N3O. The van der Waals surface area contributed by atoms with Crippen molar-refractivity contribution >= 4 is 0 Å². The number of likely N-dealkylation sites (N-methyl/N-ethyl adjacent to an activating group) is 1. The number of aliphatic hydroxyl groups is 1. The first-order valence-corrected chi connectivity index (χ1v) is 7.84. The molecule has 0 spiro atoms. The van der Waals surface area contributed by atoms with E-state index >= 15 is 0 Å².